The van der Waals surface area contributed by atoms with Gasteiger partial charge in [-0.25, -0.2) is 0 Å². The molecule has 1 aromatic rings. The van der Waals surface area contributed by atoms with Gasteiger partial charge >= 0.3 is 0 Å². The first-order valence-electron chi connectivity index (χ1n) is 8.51. The lowest BCUT2D eigenvalue weighted by Crippen LogP contribution is -2.57. The van der Waals surface area contributed by atoms with Gasteiger partial charge in [-0.2, -0.15) is 0 Å². The molecule has 0 bridgehead atoms. The van der Waals surface area contributed by atoms with E-state index in [1.807, 2.05) is 17.0 Å². The van der Waals surface area contributed by atoms with E-state index in [1.54, 1.807) is 4.90 Å². The van der Waals surface area contributed by atoms with Gasteiger partial charge in [-0.3, -0.25) is 14.5 Å². The van der Waals surface area contributed by atoms with Crippen molar-refractivity contribution in [3.05, 3.63) is 35.4 Å². The molecule has 5 heteroatoms. The van der Waals surface area contributed by atoms with Gasteiger partial charge in [-0.15, -0.1) is 0 Å². The molecule has 0 saturated carbocycles. The summed E-state index contributed by atoms with van der Waals surface area (Å²) in [7, 11) is 0. The highest BCUT2D eigenvalue weighted by Gasteiger charge is 2.38. The normalized spacial score (nSPS) is 20.5. The number of hydrogen-bond acceptors (Lipinski definition) is 3. The number of rotatable bonds is 4. The first-order chi connectivity index (χ1) is 11.1. The summed E-state index contributed by atoms with van der Waals surface area (Å²) in [5, 5.41) is 0. The number of fused-ring (bicyclic) bond motifs is 3. The maximum atomic E-state index is 12.6. The van der Waals surface area contributed by atoms with Gasteiger partial charge in [0.2, 0.25) is 11.8 Å². The third kappa shape index (κ3) is 3.11. The van der Waals surface area contributed by atoms with Gasteiger partial charge in [-0.05, 0) is 30.6 Å². The maximum Gasteiger partial charge on any atom is 0.242 e. The predicted octanol–water partition coefficient (Wildman–Crippen LogP) is 1.30. The molecule has 2 heterocycles. The van der Waals surface area contributed by atoms with Crippen molar-refractivity contribution in [2.45, 2.75) is 26.3 Å². The van der Waals surface area contributed by atoms with Crippen LogP contribution in [0.2, 0.25) is 0 Å². The van der Waals surface area contributed by atoms with Crippen LogP contribution in [0.4, 0.5) is 0 Å². The second-order valence-electron chi connectivity index (χ2n) is 6.29. The van der Waals surface area contributed by atoms with Crippen LogP contribution >= 0.6 is 0 Å². The molecule has 1 atom stereocenters. The molecule has 0 aromatic heterocycles. The molecule has 0 aliphatic carbocycles. The van der Waals surface area contributed by atoms with Crippen LogP contribution in [0.25, 0.3) is 0 Å². The SMILES string of the molecule is CCN(CC)CC(=O)N1CC(=O)N2CCc3ccccc3[C@H]2C1. The highest BCUT2D eigenvalue weighted by molar-refractivity contribution is 5.87. The van der Waals surface area contributed by atoms with Crippen LogP contribution < -0.4 is 0 Å². The van der Waals surface area contributed by atoms with Crippen LogP contribution in [0.15, 0.2) is 24.3 Å². The number of piperazine rings is 1. The lowest BCUT2D eigenvalue weighted by molar-refractivity contribution is -0.149. The Balaban J connectivity index is 1.78. The second-order valence-corrected chi connectivity index (χ2v) is 6.29. The summed E-state index contributed by atoms with van der Waals surface area (Å²) in [6.07, 6.45) is 0.909. The van der Waals surface area contributed by atoms with Gasteiger partial charge in [0.1, 0.15) is 0 Å². The lowest BCUT2D eigenvalue weighted by Gasteiger charge is -2.44. The highest BCUT2D eigenvalue weighted by Crippen LogP contribution is 2.32. The van der Waals surface area contributed by atoms with Crippen LogP contribution in [0.5, 0.6) is 0 Å². The third-order valence-electron chi connectivity index (χ3n) is 5.06. The molecule has 0 N–H and O–H groups in total. The van der Waals surface area contributed by atoms with Crippen LogP contribution in [0.1, 0.15) is 31.0 Å². The molecule has 5 nitrogen and oxygen atoms in total. The summed E-state index contributed by atoms with van der Waals surface area (Å²) in [6.45, 7) is 7.80. The van der Waals surface area contributed by atoms with Crippen molar-refractivity contribution in [3.8, 4) is 0 Å². The number of likely N-dealkylation sites (N-methyl/N-ethyl adjacent to an activating group) is 1. The summed E-state index contributed by atoms with van der Waals surface area (Å²) >= 11 is 0. The van der Waals surface area contributed by atoms with Crippen LogP contribution in [-0.4, -0.2) is 65.8 Å². The minimum atomic E-state index is 0.0156. The van der Waals surface area contributed by atoms with E-state index in [-0.39, 0.29) is 24.4 Å². The molecular weight excluding hydrogens is 290 g/mol. The summed E-state index contributed by atoms with van der Waals surface area (Å²) in [5.74, 6) is 0.133. The van der Waals surface area contributed by atoms with Gasteiger partial charge in [0.05, 0.1) is 19.1 Å². The average Bonchev–Trinajstić information content (AvgIpc) is 2.59. The molecule has 0 spiro atoms. The number of carbonyl (C=O) groups excluding carboxylic acids is 2. The smallest absolute Gasteiger partial charge is 0.242 e. The van der Waals surface area contributed by atoms with Crippen LogP contribution in [0, 0.1) is 0 Å². The molecule has 0 unspecified atom stereocenters. The number of benzene rings is 1. The molecule has 124 valence electrons. The molecule has 23 heavy (non-hydrogen) atoms. The fourth-order valence-corrected chi connectivity index (χ4v) is 3.60. The fraction of sp³-hybridized carbons (Fsp3) is 0.556. The summed E-state index contributed by atoms with van der Waals surface area (Å²) < 4.78 is 0. The average molecular weight is 315 g/mol. The van der Waals surface area contributed by atoms with Crippen molar-refractivity contribution in [2.24, 2.45) is 0 Å². The van der Waals surface area contributed by atoms with Crippen molar-refractivity contribution in [1.82, 2.24) is 14.7 Å². The molecule has 2 amide bonds. The van der Waals surface area contributed by atoms with E-state index in [1.165, 1.54) is 11.1 Å². The number of nitrogens with zero attached hydrogens (tertiary/aromatic N) is 3. The molecular formula is C18H25N3O2. The highest BCUT2D eigenvalue weighted by atomic mass is 16.2. The Hall–Kier alpha value is -1.88. The fourth-order valence-electron chi connectivity index (χ4n) is 3.60. The largest absolute Gasteiger partial charge is 0.332 e. The van der Waals surface area contributed by atoms with Gasteiger partial charge in [0.25, 0.3) is 0 Å². The Morgan fingerprint density at radius 2 is 2.00 bits per heavy atom. The van der Waals surface area contributed by atoms with Crippen molar-refractivity contribution < 1.29 is 9.59 Å². The van der Waals surface area contributed by atoms with Crippen molar-refractivity contribution in [2.75, 3.05) is 39.3 Å². The van der Waals surface area contributed by atoms with E-state index in [9.17, 15) is 9.59 Å². The zero-order valence-electron chi connectivity index (χ0n) is 14.0. The van der Waals surface area contributed by atoms with Gasteiger partial charge < -0.3 is 9.80 Å². The Labute approximate surface area is 137 Å². The Morgan fingerprint density at radius 1 is 1.26 bits per heavy atom. The van der Waals surface area contributed by atoms with E-state index < -0.39 is 0 Å². The molecule has 1 saturated heterocycles. The minimum Gasteiger partial charge on any atom is -0.332 e. The van der Waals surface area contributed by atoms with Crippen molar-refractivity contribution in [3.63, 3.8) is 0 Å². The standard InChI is InChI=1S/C18H25N3O2/c1-3-19(4-2)12-17(22)20-11-16-15-8-6-5-7-14(15)9-10-21(16)18(23)13-20/h5-8,16H,3-4,9-13H2,1-2H3/t16-/m1/s1. The minimum absolute atomic E-state index is 0.0156. The summed E-state index contributed by atoms with van der Waals surface area (Å²) in [6, 6.07) is 8.30. The van der Waals surface area contributed by atoms with Crippen LogP contribution in [0.3, 0.4) is 0 Å². The van der Waals surface area contributed by atoms with E-state index in [0.717, 1.165) is 26.1 Å². The Kier molecular flexibility index (Phi) is 4.66. The zero-order chi connectivity index (χ0) is 16.4. The van der Waals surface area contributed by atoms with Gasteiger partial charge in [-0.1, -0.05) is 38.1 Å². The Bertz CT molecular complexity index is 598. The number of amides is 2. The monoisotopic (exact) mass is 315 g/mol. The zero-order valence-corrected chi connectivity index (χ0v) is 14.0. The topological polar surface area (TPSA) is 43.9 Å². The summed E-state index contributed by atoms with van der Waals surface area (Å²) in [4.78, 5) is 30.8. The lowest BCUT2D eigenvalue weighted by atomic mass is 9.91. The second kappa shape index (κ2) is 6.71. The van der Waals surface area contributed by atoms with Crippen molar-refractivity contribution in [1.29, 1.82) is 0 Å². The molecule has 1 fully saturated rings. The summed E-state index contributed by atoms with van der Waals surface area (Å²) in [5.41, 5.74) is 2.51. The Morgan fingerprint density at radius 3 is 2.74 bits per heavy atom. The van der Waals surface area contributed by atoms with Gasteiger partial charge in [0.15, 0.2) is 0 Å². The molecule has 1 aromatic carbocycles. The van der Waals surface area contributed by atoms with E-state index in [4.69, 9.17) is 0 Å². The van der Waals surface area contributed by atoms with Gasteiger partial charge in [0, 0.05) is 13.1 Å². The van der Waals surface area contributed by atoms with E-state index in [0.29, 0.717) is 13.1 Å². The maximum absolute atomic E-state index is 12.6. The first-order valence-corrected chi connectivity index (χ1v) is 8.51. The third-order valence-corrected chi connectivity index (χ3v) is 5.06. The number of hydrogen-bond donors (Lipinski definition) is 0. The molecule has 2 aliphatic heterocycles. The quantitative estimate of drug-likeness (QED) is 0.841. The van der Waals surface area contributed by atoms with Crippen LogP contribution in [-0.2, 0) is 16.0 Å². The van der Waals surface area contributed by atoms with E-state index >= 15 is 0 Å². The predicted molar refractivity (Wildman–Crippen MR) is 89.0 cm³/mol. The first kappa shape index (κ1) is 16.0. The molecule has 0 radical (unpaired) electrons. The number of carbonyl (C=O) groups is 2. The molecule has 3 rings (SSSR count). The van der Waals surface area contributed by atoms with Crippen molar-refractivity contribution >= 4 is 11.8 Å². The van der Waals surface area contributed by atoms with E-state index in [2.05, 4.69) is 30.9 Å². The molecule has 2 aliphatic rings.